The molecule has 2 aliphatic rings. The number of rotatable bonds is 2. The Labute approximate surface area is 111 Å². The smallest absolute Gasteiger partial charge is 0.306 e. The van der Waals surface area contributed by atoms with Gasteiger partial charge >= 0.3 is 5.97 Å². The Bertz CT molecular complexity index is 323. The number of aliphatic carboxylic acids is 1. The first-order valence-electron chi connectivity index (χ1n) is 6.41. The molecule has 2 aliphatic carbocycles. The first-order chi connectivity index (χ1) is 8.23. The number of halogens is 2. The molecule has 2 nitrogen and oxygen atoms in total. The summed E-state index contributed by atoms with van der Waals surface area (Å²) in [5.41, 5.74) is 0. The summed E-state index contributed by atoms with van der Waals surface area (Å²) in [6.07, 6.45) is 3.29. The van der Waals surface area contributed by atoms with Gasteiger partial charge < -0.3 is 5.11 Å². The number of carboxylic acids is 1. The molecule has 0 aromatic heterocycles. The van der Waals surface area contributed by atoms with E-state index >= 15 is 0 Å². The van der Waals surface area contributed by atoms with Crippen molar-refractivity contribution in [1.29, 1.82) is 0 Å². The van der Waals surface area contributed by atoms with Gasteiger partial charge in [0, 0.05) is 0 Å². The Morgan fingerprint density at radius 2 is 1.44 bits per heavy atom. The van der Waals surface area contributed by atoms with E-state index in [0.29, 0.717) is 12.8 Å². The van der Waals surface area contributed by atoms with Gasteiger partial charge in [-0.25, -0.2) is 8.78 Å². The fourth-order valence-corrected chi connectivity index (χ4v) is 4.19. The molecular formula is C12H20F2O2P2. The minimum Gasteiger partial charge on any atom is -0.481 e. The van der Waals surface area contributed by atoms with Crippen molar-refractivity contribution in [2.75, 3.05) is 0 Å². The molecule has 4 atom stereocenters. The summed E-state index contributed by atoms with van der Waals surface area (Å²) in [5.74, 6) is -0.698. The van der Waals surface area contributed by atoms with Crippen LogP contribution >= 0.6 is 18.5 Å². The largest absolute Gasteiger partial charge is 0.481 e. The molecule has 6 heteroatoms. The van der Waals surface area contributed by atoms with Crippen LogP contribution in [0.25, 0.3) is 0 Å². The van der Waals surface area contributed by atoms with Gasteiger partial charge in [0.15, 0.2) is 10.8 Å². The summed E-state index contributed by atoms with van der Waals surface area (Å²) in [6, 6.07) is 0. The molecule has 2 fully saturated rings. The summed E-state index contributed by atoms with van der Waals surface area (Å²) in [5, 5.41) is 5.22. The summed E-state index contributed by atoms with van der Waals surface area (Å²) in [4.78, 5) is 10.9. The van der Waals surface area contributed by atoms with Crippen LogP contribution in [0.4, 0.5) is 8.78 Å². The summed E-state index contributed by atoms with van der Waals surface area (Å²) < 4.78 is 28.1. The van der Waals surface area contributed by atoms with E-state index in [2.05, 4.69) is 0 Å². The Hall–Kier alpha value is 0.190. The van der Waals surface area contributed by atoms with E-state index < -0.39 is 16.8 Å². The SMILES string of the molecule is O=C(O)C1CCC(C2CC(F)(P)C(F)(P)C2)CC1. The topological polar surface area (TPSA) is 37.3 Å². The molecule has 1 N–H and O–H groups in total. The lowest BCUT2D eigenvalue weighted by atomic mass is 9.75. The molecule has 0 saturated heterocycles. The Balaban J connectivity index is 1.94. The lowest BCUT2D eigenvalue weighted by molar-refractivity contribution is -0.143. The van der Waals surface area contributed by atoms with Gasteiger partial charge in [0.25, 0.3) is 0 Å². The van der Waals surface area contributed by atoms with E-state index in [1.165, 1.54) is 0 Å². The Morgan fingerprint density at radius 1 is 1.00 bits per heavy atom. The minimum absolute atomic E-state index is 0.0322. The van der Waals surface area contributed by atoms with Gasteiger partial charge in [-0.05, 0) is 50.4 Å². The molecule has 0 aliphatic heterocycles. The molecule has 0 spiro atoms. The molecule has 18 heavy (non-hydrogen) atoms. The maximum Gasteiger partial charge on any atom is 0.306 e. The minimum atomic E-state index is -1.86. The van der Waals surface area contributed by atoms with Gasteiger partial charge in [-0.15, -0.1) is 0 Å². The Morgan fingerprint density at radius 3 is 1.83 bits per heavy atom. The van der Waals surface area contributed by atoms with E-state index in [1.807, 2.05) is 18.5 Å². The maximum absolute atomic E-state index is 14.1. The molecule has 2 rings (SSSR count). The van der Waals surface area contributed by atoms with Crippen molar-refractivity contribution in [3.63, 3.8) is 0 Å². The monoisotopic (exact) mass is 296 g/mol. The zero-order valence-electron chi connectivity index (χ0n) is 10.2. The fraction of sp³-hybridized carbons (Fsp3) is 0.917. The number of hydrogen-bond donors (Lipinski definition) is 1. The van der Waals surface area contributed by atoms with Crippen molar-refractivity contribution >= 4 is 24.4 Å². The van der Waals surface area contributed by atoms with Gasteiger partial charge in [-0.1, -0.05) is 18.5 Å². The average molecular weight is 296 g/mol. The third kappa shape index (κ3) is 2.70. The first kappa shape index (κ1) is 14.6. The predicted molar refractivity (Wildman–Crippen MR) is 72.9 cm³/mol. The van der Waals surface area contributed by atoms with Gasteiger partial charge in [0.05, 0.1) is 5.92 Å². The summed E-state index contributed by atoms with van der Waals surface area (Å²) in [7, 11) is 4.02. The predicted octanol–water partition coefficient (Wildman–Crippen LogP) is 3.37. The molecule has 0 amide bonds. The van der Waals surface area contributed by atoms with Gasteiger partial charge in [-0.3, -0.25) is 4.79 Å². The van der Waals surface area contributed by atoms with Crippen LogP contribution in [-0.2, 0) is 4.79 Å². The van der Waals surface area contributed by atoms with Crippen molar-refractivity contribution in [1.82, 2.24) is 0 Å². The van der Waals surface area contributed by atoms with E-state index in [-0.39, 0.29) is 30.6 Å². The van der Waals surface area contributed by atoms with Gasteiger partial charge in [-0.2, -0.15) is 0 Å². The van der Waals surface area contributed by atoms with E-state index in [1.54, 1.807) is 0 Å². The van der Waals surface area contributed by atoms with Crippen LogP contribution in [0.5, 0.6) is 0 Å². The second-order valence-corrected chi connectivity index (χ2v) is 7.67. The van der Waals surface area contributed by atoms with Crippen molar-refractivity contribution in [2.45, 2.75) is 49.3 Å². The lowest BCUT2D eigenvalue weighted by Crippen LogP contribution is -2.30. The number of alkyl halides is 2. The third-order valence-electron chi connectivity index (χ3n) is 4.60. The van der Waals surface area contributed by atoms with E-state index in [4.69, 9.17) is 5.11 Å². The quantitative estimate of drug-likeness (QED) is 0.793. The molecule has 4 unspecified atom stereocenters. The molecule has 0 radical (unpaired) electrons. The number of carboxylic acid groups (broad SMARTS) is 1. The highest BCUT2D eigenvalue weighted by atomic mass is 31.0. The van der Waals surface area contributed by atoms with E-state index in [9.17, 15) is 13.6 Å². The van der Waals surface area contributed by atoms with Crippen LogP contribution < -0.4 is 0 Å². The molecule has 0 aromatic rings. The summed E-state index contributed by atoms with van der Waals surface area (Å²) >= 11 is 0. The second kappa shape index (κ2) is 4.94. The van der Waals surface area contributed by atoms with Crippen LogP contribution in [0.2, 0.25) is 0 Å². The number of hydrogen-bond acceptors (Lipinski definition) is 1. The van der Waals surface area contributed by atoms with Crippen LogP contribution in [0, 0.1) is 17.8 Å². The average Bonchev–Trinajstić information content (AvgIpc) is 2.48. The number of carbonyl (C=O) groups is 1. The van der Waals surface area contributed by atoms with Gasteiger partial charge in [0.2, 0.25) is 0 Å². The fourth-order valence-electron chi connectivity index (χ4n) is 3.35. The standard InChI is InChI=1S/C12H20F2O2P2/c13-11(17)5-9(6-12(11,14)18)7-1-3-8(4-2-7)10(15)16/h7-9H,1-6,17-18H2,(H,15,16). The first-order valence-corrected chi connectivity index (χ1v) is 7.57. The highest BCUT2D eigenvalue weighted by molar-refractivity contribution is 7.24. The van der Waals surface area contributed by atoms with Crippen LogP contribution in [0.1, 0.15) is 38.5 Å². The van der Waals surface area contributed by atoms with Crippen molar-refractivity contribution < 1.29 is 18.7 Å². The van der Waals surface area contributed by atoms with Gasteiger partial charge in [0.1, 0.15) is 0 Å². The zero-order valence-corrected chi connectivity index (χ0v) is 12.6. The molecule has 104 valence electrons. The van der Waals surface area contributed by atoms with Crippen LogP contribution in [-0.4, -0.2) is 21.9 Å². The zero-order chi connectivity index (χ0) is 13.6. The molecule has 0 heterocycles. The Kier molecular flexibility index (Phi) is 4.01. The normalized spacial score (nSPS) is 49.2. The molecule has 0 bridgehead atoms. The van der Waals surface area contributed by atoms with Crippen molar-refractivity contribution in [3.05, 3.63) is 0 Å². The van der Waals surface area contributed by atoms with E-state index in [0.717, 1.165) is 12.8 Å². The molecule has 0 aromatic carbocycles. The maximum atomic E-state index is 14.1. The lowest BCUT2D eigenvalue weighted by Gasteiger charge is -2.30. The third-order valence-corrected chi connectivity index (χ3v) is 6.36. The highest BCUT2D eigenvalue weighted by Crippen LogP contribution is 2.58. The van der Waals surface area contributed by atoms with Crippen molar-refractivity contribution in [2.24, 2.45) is 17.8 Å². The second-order valence-electron chi connectivity index (χ2n) is 5.84. The van der Waals surface area contributed by atoms with Crippen LogP contribution in [0.15, 0.2) is 0 Å². The molecular weight excluding hydrogens is 276 g/mol. The summed E-state index contributed by atoms with van der Waals surface area (Å²) in [6.45, 7) is 0. The molecule has 2 saturated carbocycles. The van der Waals surface area contributed by atoms with Crippen LogP contribution in [0.3, 0.4) is 0 Å². The van der Waals surface area contributed by atoms with Crippen molar-refractivity contribution in [3.8, 4) is 0 Å². The highest BCUT2D eigenvalue weighted by Gasteiger charge is 2.56.